The van der Waals surface area contributed by atoms with Gasteiger partial charge in [0, 0.05) is 6.54 Å². The van der Waals surface area contributed by atoms with Gasteiger partial charge in [0.25, 0.3) is 0 Å². The van der Waals surface area contributed by atoms with Crippen molar-refractivity contribution < 1.29 is 5.11 Å². The fraction of sp³-hybridized carbons (Fsp3) is 1.00. The summed E-state index contributed by atoms with van der Waals surface area (Å²) in [5.41, 5.74) is 0.175. The molecule has 0 amide bonds. The zero-order chi connectivity index (χ0) is 11.4. The highest BCUT2D eigenvalue weighted by Gasteiger charge is 2.55. The van der Waals surface area contributed by atoms with Crippen molar-refractivity contribution in [1.82, 2.24) is 5.32 Å². The molecule has 0 spiro atoms. The van der Waals surface area contributed by atoms with E-state index in [0.29, 0.717) is 5.41 Å². The van der Waals surface area contributed by atoms with Crippen LogP contribution in [0.2, 0.25) is 0 Å². The first kappa shape index (κ1) is 11.0. The lowest BCUT2D eigenvalue weighted by Crippen LogP contribution is -2.54. The summed E-state index contributed by atoms with van der Waals surface area (Å²) in [4.78, 5) is 0. The lowest BCUT2D eigenvalue weighted by atomic mass is 9.45. The van der Waals surface area contributed by atoms with E-state index < -0.39 is 0 Å². The van der Waals surface area contributed by atoms with Crippen LogP contribution < -0.4 is 5.32 Å². The Morgan fingerprint density at radius 2 is 2.12 bits per heavy atom. The van der Waals surface area contributed by atoms with Gasteiger partial charge in [0.1, 0.15) is 0 Å². The van der Waals surface area contributed by atoms with Gasteiger partial charge in [-0.15, -0.1) is 0 Å². The summed E-state index contributed by atoms with van der Waals surface area (Å²) < 4.78 is 0. The zero-order valence-corrected chi connectivity index (χ0v) is 10.6. The number of hydrogen-bond donors (Lipinski definition) is 2. The van der Waals surface area contributed by atoms with E-state index in [1.807, 2.05) is 0 Å². The Kier molecular flexibility index (Phi) is 2.38. The number of rotatable bonds is 2. The molecule has 4 unspecified atom stereocenters. The van der Waals surface area contributed by atoms with Gasteiger partial charge in [0.15, 0.2) is 0 Å². The van der Waals surface area contributed by atoms with E-state index in [2.05, 4.69) is 19.2 Å². The van der Waals surface area contributed by atoms with E-state index in [1.165, 1.54) is 19.3 Å². The lowest BCUT2D eigenvalue weighted by Gasteiger charge is -2.61. The maximum Gasteiger partial charge on any atom is 0.0786 e. The van der Waals surface area contributed by atoms with Crippen LogP contribution in [0, 0.1) is 23.2 Å². The maximum atomic E-state index is 10.5. The normalized spacial score (nSPS) is 50.1. The molecule has 4 rings (SSSR count). The standard InChI is InChI=1S/C14H25NO/c1-13(2)11-4-3-10(12(13)7-11)8-14(16)5-6-15-9-14/h10-12,15-16H,3-9H2,1-2H3. The number of hydrogen-bond acceptors (Lipinski definition) is 2. The summed E-state index contributed by atoms with van der Waals surface area (Å²) in [5.74, 6) is 2.64. The molecule has 2 N–H and O–H groups in total. The second-order valence-corrected chi connectivity index (χ2v) is 7.05. The highest BCUT2D eigenvalue weighted by atomic mass is 16.3. The highest BCUT2D eigenvalue weighted by molar-refractivity contribution is 5.05. The minimum Gasteiger partial charge on any atom is -0.389 e. The van der Waals surface area contributed by atoms with Crippen LogP contribution in [0.15, 0.2) is 0 Å². The predicted octanol–water partition coefficient (Wildman–Crippen LogP) is 2.17. The Hall–Kier alpha value is -0.0800. The summed E-state index contributed by atoms with van der Waals surface area (Å²) in [6.45, 7) is 6.70. The van der Waals surface area contributed by atoms with Gasteiger partial charge in [-0.1, -0.05) is 13.8 Å². The molecule has 16 heavy (non-hydrogen) atoms. The van der Waals surface area contributed by atoms with Gasteiger partial charge >= 0.3 is 0 Å². The van der Waals surface area contributed by atoms with Crippen LogP contribution >= 0.6 is 0 Å². The second kappa shape index (κ2) is 3.46. The Bertz CT molecular complexity index is 278. The summed E-state index contributed by atoms with van der Waals surface area (Å²) in [6, 6.07) is 0. The molecule has 4 fully saturated rings. The fourth-order valence-electron chi connectivity index (χ4n) is 4.60. The molecule has 4 aliphatic rings. The minimum absolute atomic E-state index is 0.386. The Morgan fingerprint density at radius 3 is 2.69 bits per heavy atom. The van der Waals surface area contributed by atoms with Crippen molar-refractivity contribution in [2.75, 3.05) is 13.1 Å². The smallest absolute Gasteiger partial charge is 0.0786 e. The van der Waals surface area contributed by atoms with Gasteiger partial charge in [-0.2, -0.15) is 0 Å². The quantitative estimate of drug-likeness (QED) is 0.752. The third-order valence-electron chi connectivity index (χ3n) is 5.86. The van der Waals surface area contributed by atoms with Crippen molar-refractivity contribution in [1.29, 1.82) is 0 Å². The van der Waals surface area contributed by atoms with Crippen molar-refractivity contribution in [3.05, 3.63) is 0 Å². The van der Waals surface area contributed by atoms with Gasteiger partial charge in [-0.3, -0.25) is 0 Å². The van der Waals surface area contributed by atoms with Crippen LogP contribution in [-0.4, -0.2) is 23.8 Å². The Balaban J connectivity index is 1.67. The molecule has 0 radical (unpaired) electrons. The zero-order valence-electron chi connectivity index (χ0n) is 10.6. The Labute approximate surface area is 98.8 Å². The number of aliphatic hydroxyl groups is 1. The van der Waals surface area contributed by atoms with E-state index in [4.69, 9.17) is 0 Å². The molecule has 1 saturated heterocycles. The molecule has 0 aromatic rings. The van der Waals surface area contributed by atoms with Gasteiger partial charge in [0.2, 0.25) is 0 Å². The fourth-order valence-corrected chi connectivity index (χ4v) is 4.60. The first-order valence-electron chi connectivity index (χ1n) is 6.94. The lowest BCUT2D eigenvalue weighted by molar-refractivity contribution is -0.124. The molecule has 2 bridgehead atoms. The van der Waals surface area contributed by atoms with E-state index in [-0.39, 0.29) is 5.60 Å². The van der Waals surface area contributed by atoms with Crippen molar-refractivity contribution in [2.45, 2.75) is 51.6 Å². The predicted molar refractivity (Wildman–Crippen MR) is 65.2 cm³/mol. The summed E-state index contributed by atoms with van der Waals surface area (Å²) in [6.07, 6.45) is 6.20. The van der Waals surface area contributed by atoms with Crippen molar-refractivity contribution in [3.63, 3.8) is 0 Å². The average Bonchev–Trinajstić information content (AvgIpc) is 2.64. The van der Waals surface area contributed by atoms with Gasteiger partial charge < -0.3 is 10.4 Å². The molecule has 2 heteroatoms. The number of β-amino-alcohol motifs (C(OH)–C–C–N with tert-alkyl or cyclic N) is 1. The van der Waals surface area contributed by atoms with Gasteiger partial charge in [0.05, 0.1) is 5.60 Å². The topological polar surface area (TPSA) is 32.3 Å². The molecule has 3 aliphatic carbocycles. The highest BCUT2D eigenvalue weighted by Crippen LogP contribution is 2.62. The molecule has 2 nitrogen and oxygen atoms in total. The van der Waals surface area contributed by atoms with Crippen molar-refractivity contribution in [2.24, 2.45) is 23.2 Å². The monoisotopic (exact) mass is 223 g/mol. The molecule has 3 saturated carbocycles. The van der Waals surface area contributed by atoms with Gasteiger partial charge in [-0.05, 0) is 61.8 Å². The number of fused-ring (bicyclic) bond motifs is 2. The van der Waals surface area contributed by atoms with E-state index in [0.717, 1.165) is 43.7 Å². The van der Waals surface area contributed by atoms with Gasteiger partial charge in [-0.25, -0.2) is 0 Å². The molecular formula is C14H25NO. The SMILES string of the molecule is CC1(C)C2CCC(CC3(O)CCNC3)C1C2. The molecule has 1 aliphatic heterocycles. The minimum atomic E-state index is -0.386. The van der Waals surface area contributed by atoms with E-state index in [9.17, 15) is 5.11 Å². The van der Waals surface area contributed by atoms with E-state index >= 15 is 0 Å². The molecule has 92 valence electrons. The summed E-state index contributed by atoms with van der Waals surface area (Å²) in [7, 11) is 0. The van der Waals surface area contributed by atoms with Crippen LogP contribution in [-0.2, 0) is 0 Å². The number of nitrogens with one attached hydrogen (secondary N) is 1. The van der Waals surface area contributed by atoms with Crippen LogP contribution in [0.1, 0.15) is 46.0 Å². The van der Waals surface area contributed by atoms with Crippen LogP contribution in [0.25, 0.3) is 0 Å². The average molecular weight is 223 g/mol. The van der Waals surface area contributed by atoms with E-state index in [1.54, 1.807) is 0 Å². The largest absolute Gasteiger partial charge is 0.389 e. The molecule has 0 aromatic carbocycles. The molecule has 4 atom stereocenters. The first-order valence-corrected chi connectivity index (χ1v) is 6.94. The van der Waals surface area contributed by atoms with Crippen LogP contribution in [0.5, 0.6) is 0 Å². The molecule has 0 aromatic heterocycles. The first-order chi connectivity index (χ1) is 7.51. The van der Waals surface area contributed by atoms with Crippen molar-refractivity contribution in [3.8, 4) is 0 Å². The maximum absolute atomic E-state index is 10.5. The van der Waals surface area contributed by atoms with Crippen molar-refractivity contribution >= 4 is 0 Å². The molecular weight excluding hydrogens is 198 g/mol. The third-order valence-corrected chi connectivity index (χ3v) is 5.86. The van der Waals surface area contributed by atoms with Crippen LogP contribution in [0.3, 0.4) is 0 Å². The third kappa shape index (κ3) is 1.53. The van der Waals surface area contributed by atoms with Crippen LogP contribution in [0.4, 0.5) is 0 Å². The molecule has 1 heterocycles. The summed E-state index contributed by atoms with van der Waals surface area (Å²) in [5, 5.41) is 13.8. The second-order valence-electron chi connectivity index (χ2n) is 7.05. The summed E-state index contributed by atoms with van der Waals surface area (Å²) >= 11 is 0. The Morgan fingerprint density at radius 1 is 1.31 bits per heavy atom.